The Bertz CT molecular complexity index is 776. The Hall–Kier alpha value is -0.970. The van der Waals surface area contributed by atoms with Crippen molar-refractivity contribution in [1.82, 2.24) is 4.90 Å². The van der Waals surface area contributed by atoms with Crippen LogP contribution in [0.3, 0.4) is 0 Å². The van der Waals surface area contributed by atoms with Crippen molar-refractivity contribution in [1.29, 1.82) is 0 Å². The van der Waals surface area contributed by atoms with Crippen LogP contribution in [0.5, 0.6) is 0 Å². The van der Waals surface area contributed by atoms with Crippen LogP contribution in [0.4, 0.5) is 0 Å². The third-order valence-electron chi connectivity index (χ3n) is 4.69. The summed E-state index contributed by atoms with van der Waals surface area (Å²) < 4.78 is 0. The quantitative estimate of drug-likeness (QED) is 0.626. The number of benzene rings is 2. The van der Waals surface area contributed by atoms with Crippen molar-refractivity contribution >= 4 is 52.4 Å². The first-order chi connectivity index (χ1) is 12.4. The molecule has 0 spiro atoms. The van der Waals surface area contributed by atoms with Crippen LogP contribution >= 0.6 is 46.4 Å². The summed E-state index contributed by atoms with van der Waals surface area (Å²) in [7, 11) is 0. The smallest absolute Gasteiger partial charge is 0.307 e. The molecule has 26 heavy (non-hydrogen) atoms. The van der Waals surface area contributed by atoms with Gasteiger partial charge >= 0.3 is 5.97 Å². The molecule has 1 saturated heterocycles. The molecular weight excluding hydrogens is 416 g/mol. The van der Waals surface area contributed by atoms with Crippen molar-refractivity contribution in [2.24, 2.45) is 5.92 Å². The molecular formula is C19H17Cl4NO2. The van der Waals surface area contributed by atoms with Crippen molar-refractivity contribution in [3.63, 3.8) is 0 Å². The average molecular weight is 433 g/mol. The molecule has 1 unspecified atom stereocenters. The monoisotopic (exact) mass is 431 g/mol. The number of hydrogen-bond donors (Lipinski definition) is 1. The lowest BCUT2D eigenvalue weighted by Crippen LogP contribution is -2.41. The normalized spacial score (nSPS) is 18.3. The molecule has 2 aromatic carbocycles. The maximum absolute atomic E-state index is 11.5. The minimum absolute atomic E-state index is 0.179. The Labute approximate surface area is 172 Å². The SMILES string of the molecule is O=C(O)C1CCCN(C(c2ccc(Cl)c(Cl)c2)c2ccc(Cl)c(Cl)c2)C1. The number of nitrogens with zero attached hydrogens (tertiary/aromatic N) is 1. The lowest BCUT2D eigenvalue weighted by Gasteiger charge is -2.37. The lowest BCUT2D eigenvalue weighted by atomic mass is 9.91. The summed E-state index contributed by atoms with van der Waals surface area (Å²) in [4.78, 5) is 13.6. The van der Waals surface area contributed by atoms with Gasteiger partial charge in [0.05, 0.1) is 32.1 Å². The summed E-state index contributed by atoms with van der Waals surface area (Å²) in [6, 6.07) is 10.8. The molecule has 7 heteroatoms. The van der Waals surface area contributed by atoms with Gasteiger partial charge in [0.25, 0.3) is 0 Å². The highest BCUT2D eigenvalue weighted by atomic mass is 35.5. The van der Waals surface area contributed by atoms with E-state index in [1.807, 2.05) is 24.3 Å². The van der Waals surface area contributed by atoms with Crippen LogP contribution in [-0.2, 0) is 4.79 Å². The second-order valence-electron chi connectivity index (χ2n) is 6.42. The molecule has 138 valence electrons. The van der Waals surface area contributed by atoms with E-state index in [4.69, 9.17) is 46.4 Å². The van der Waals surface area contributed by atoms with Gasteiger partial charge in [0.15, 0.2) is 0 Å². The van der Waals surface area contributed by atoms with Gasteiger partial charge in [-0.2, -0.15) is 0 Å². The Morgan fingerprint density at radius 3 is 1.96 bits per heavy atom. The third kappa shape index (κ3) is 4.29. The molecule has 0 bridgehead atoms. The molecule has 1 aliphatic rings. The number of carbonyl (C=O) groups is 1. The van der Waals surface area contributed by atoms with Crippen LogP contribution in [0.1, 0.15) is 30.0 Å². The number of piperidine rings is 1. The van der Waals surface area contributed by atoms with Crippen LogP contribution in [0.15, 0.2) is 36.4 Å². The van der Waals surface area contributed by atoms with Crippen LogP contribution in [0, 0.1) is 5.92 Å². The molecule has 0 saturated carbocycles. The maximum Gasteiger partial charge on any atom is 0.307 e. The van der Waals surface area contributed by atoms with Gasteiger partial charge in [-0.25, -0.2) is 0 Å². The zero-order valence-electron chi connectivity index (χ0n) is 13.8. The van der Waals surface area contributed by atoms with Crippen molar-refractivity contribution in [2.45, 2.75) is 18.9 Å². The zero-order valence-corrected chi connectivity index (χ0v) is 16.8. The van der Waals surface area contributed by atoms with Gasteiger partial charge in [-0.05, 0) is 54.8 Å². The van der Waals surface area contributed by atoms with E-state index in [2.05, 4.69) is 4.90 Å². The number of carboxylic acid groups (broad SMARTS) is 1. The van der Waals surface area contributed by atoms with Crippen molar-refractivity contribution in [3.8, 4) is 0 Å². The van der Waals surface area contributed by atoms with Crippen molar-refractivity contribution in [2.75, 3.05) is 13.1 Å². The van der Waals surface area contributed by atoms with Gasteiger partial charge in [0.1, 0.15) is 0 Å². The number of likely N-dealkylation sites (tertiary alicyclic amines) is 1. The topological polar surface area (TPSA) is 40.5 Å². The van der Waals surface area contributed by atoms with Gasteiger partial charge in [0, 0.05) is 6.54 Å². The van der Waals surface area contributed by atoms with Gasteiger partial charge in [-0.3, -0.25) is 9.69 Å². The summed E-state index contributed by atoms with van der Waals surface area (Å²) in [5.41, 5.74) is 1.87. The minimum Gasteiger partial charge on any atom is -0.481 e. The van der Waals surface area contributed by atoms with E-state index in [1.165, 1.54) is 0 Å². The van der Waals surface area contributed by atoms with E-state index in [-0.39, 0.29) is 6.04 Å². The third-order valence-corrected chi connectivity index (χ3v) is 6.16. The minimum atomic E-state index is -0.767. The Morgan fingerprint density at radius 1 is 0.962 bits per heavy atom. The summed E-state index contributed by atoms with van der Waals surface area (Å²) in [6.07, 6.45) is 1.50. The first-order valence-electron chi connectivity index (χ1n) is 8.23. The van der Waals surface area contributed by atoms with Gasteiger partial charge in [-0.1, -0.05) is 58.5 Å². The molecule has 0 amide bonds. The fourth-order valence-electron chi connectivity index (χ4n) is 3.42. The second-order valence-corrected chi connectivity index (χ2v) is 8.05. The van der Waals surface area contributed by atoms with E-state index in [0.717, 1.165) is 24.1 Å². The number of aliphatic carboxylic acids is 1. The zero-order chi connectivity index (χ0) is 18.8. The van der Waals surface area contributed by atoms with Crippen molar-refractivity contribution in [3.05, 3.63) is 67.6 Å². The molecule has 2 aromatic rings. The summed E-state index contributed by atoms with van der Waals surface area (Å²) in [5, 5.41) is 11.3. The van der Waals surface area contributed by atoms with Gasteiger partial charge in [-0.15, -0.1) is 0 Å². The molecule has 1 atom stereocenters. The molecule has 1 aliphatic heterocycles. The summed E-state index contributed by atoms with van der Waals surface area (Å²) in [5.74, 6) is -1.16. The first kappa shape index (κ1) is 19.8. The predicted molar refractivity (Wildman–Crippen MR) is 107 cm³/mol. The van der Waals surface area contributed by atoms with E-state index < -0.39 is 11.9 Å². The Morgan fingerprint density at radius 2 is 1.50 bits per heavy atom. The molecule has 0 aromatic heterocycles. The van der Waals surface area contributed by atoms with E-state index >= 15 is 0 Å². The molecule has 0 radical (unpaired) electrons. The summed E-state index contributed by atoms with van der Waals surface area (Å²) in [6.45, 7) is 1.25. The van der Waals surface area contributed by atoms with Gasteiger partial charge < -0.3 is 5.11 Å². The fourth-order valence-corrected chi connectivity index (χ4v) is 4.03. The molecule has 1 fully saturated rings. The van der Waals surface area contributed by atoms with Gasteiger partial charge in [0.2, 0.25) is 0 Å². The van der Waals surface area contributed by atoms with Crippen molar-refractivity contribution < 1.29 is 9.90 Å². The molecule has 1 heterocycles. The number of halogens is 4. The highest BCUT2D eigenvalue weighted by Crippen LogP contribution is 2.37. The Kier molecular flexibility index (Phi) is 6.37. The predicted octanol–water partition coefficient (Wildman–Crippen LogP) is 6.19. The Balaban J connectivity index is 2.04. The number of carboxylic acids is 1. The summed E-state index contributed by atoms with van der Waals surface area (Å²) >= 11 is 24.6. The van der Waals surface area contributed by atoms with E-state index in [1.54, 1.807) is 12.1 Å². The largest absolute Gasteiger partial charge is 0.481 e. The second kappa shape index (κ2) is 8.37. The fraction of sp³-hybridized carbons (Fsp3) is 0.316. The molecule has 0 aliphatic carbocycles. The highest BCUT2D eigenvalue weighted by molar-refractivity contribution is 6.42. The number of rotatable bonds is 4. The first-order valence-corrected chi connectivity index (χ1v) is 9.74. The highest BCUT2D eigenvalue weighted by Gasteiger charge is 2.31. The van der Waals surface area contributed by atoms with Crippen LogP contribution < -0.4 is 0 Å². The molecule has 3 nitrogen and oxygen atoms in total. The van der Waals surface area contributed by atoms with Crippen LogP contribution in [0.2, 0.25) is 20.1 Å². The van der Waals surface area contributed by atoms with Crippen LogP contribution in [0.25, 0.3) is 0 Å². The average Bonchev–Trinajstić information content (AvgIpc) is 2.61. The molecule has 1 N–H and O–H groups in total. The van der Waals surface area contributed by atoms with E-state index in [9.17, 15) is 9.90 Å². The standard InChI is InChI=1S/C19H17Cl4NO2/c20-14-5-3-11(8-16(14)22)18(12-4-6-15(21)17(23)9-12)24-7-1-2-13(10-24)19(25)26/h3-6,8-9,13,18H,1-2,7,10H2,(H,25,26). The molecule has 3 rings (SSSR count). The lowest BCUT2D eigenvalue weighted by molar-refractivity contribution is -0.143. The van der Waals surface area contributed by atoms with Crippen LogP contribution in [-0.4, -0.2) is 29.1 Å². The maximum atomic E-state index is 11.5. The van der Waals surface area contributed by atoms with E-state index in [0.29, 0.717) is 33.1 Å². The number of hydrogen-bond acceptors (Lipinski definition) is 2.